The van der Waals surface area contributed by atoms with Gasteiger partial charge < -0.3 is 11.1 Å². The van der Waals surface area contributed by atoms with E-state index in [0.29, 0.717) is 25.0 Å². The van der Waals surface area contributed by atoms with Gasteiger partial charge >= 0.3 is 0 Å². The number of rotatable bonds is 7. The molecule has 0 aromatic heterocycles. The van der Waals surface area contributed by atoms with Crippen molar-refractivity contribution in [2.75, 3.05) is 26.2 Å². The zero-order valence-electron chi connectivity index (χ0n) is 11.2. The Labute approximate surface area is 105 Å². The molecule has 1 rings (SSSR count). The van der Waals surface area contributed by atoms with Crippen LogP contribution in [0.4, 0.5) is 0 Å². The zero-order valence-corrected chi connectivity index (χ0v) is 11.2. The number of nitrogens with two attached hydrogens (primary N) is 1. The van der Waals surface area contributed by atoms with Crippen molar-refractivity contribution in [1.82, 2.24) is 10.2 Å². The molecule has 1 fully saturated rings. The summed E-state index contributed by atoms with van der Waals surface area (Å²) in [6.45, 7) is 7.22. The van der Waals surface area contributed by atoms with Crippen molar-refractivity contribution in [2.24, 2.45) is 11.7 Å². The monoisotopic (exact) mass is 241 g/mol. The van der Waals surface area contributed by atoms with E-state index in [1.807, 2.05) is 0 Å². The third kappa shape index (κ3) is 5.50. The second-order valence-corrected chi connectivity index (χ2v) is 5.22. The van der Waals surface area contributed by atoms with Crippen molar-refractivity contribution in [3.05, 3.63) is 0 Å². The second-order valence-electron chi connectivity index (χ2n) is 5.22. The summed E-state index contributed by atoms with van der Waals surface area (Å²) < 4.78 is 0. The maximum absolute atomic E-state index is 11.9. The molecule has 4 nitrogen and oxygen atoms in total. The van der Waals surface area contributed by atoms with Crippen LogP contribution in [-0.4, -0.2) is 43.0 Å². The molecule has 1 aliphatic carbocycles. The predicted octanol–water partition coefficient (Wildman–Crippen LogP) is 0.962. The van der Waals surface area contributed by atoms with Crippen molar-refractivity contribution in [2.45, 2.75) is 45.6 Å². The standard InChI is InChI=1S/C13H27N3O/c1-3-16(9-11(2)8-14)10-13(17)15-12-6-4-5-7-12/h11-12H,3-10,14H2,1-2H3,(H,15,17). The Morgan fingerprint density at radius 3 is 2.65 bits per heavy atom. The summed E-state index contributed by atoms with van der Waals surface area (Å²) >= 11 is 0. The lowest BCUT2D eigenvalue weighted by atomic mass is 10.1. The van der Waals surface area contributed by atoms with Crippen LogP contribution in [0.25, 0.3) is 0 Å². The third-order valence-corrected chi connectivity index (χ3v) is 3.51. The Kier molecular flexibility index (Phi) is 6.52. The molecule has 0 heterocycles. The number of carbonyl (C=O) groups excluding carboxylic acids is 1. The first-order valence-corrected chi connectivity index (χ1v) is 6.87. The molecule has 1 atom stereocenters. The number of nitrogens with zero attached hydrogens (tertiary/aromatic N) is 1. The molecule has 100 valence electrons. The summed E-state index contributed by atoms with van der Waals surface area (Å²) in [7, 11) is 0. The Morgan fingerprint density at radius 1 is 1.47 bits per heavy atom. The zero-order chi connectivity index (χ0) is 12.7. The summed E-state index contributed by atoms with van der Waals surface area (Å²) in [5.74, 6) is 0.622. The van der Waals surface area contributed by atoms with Gasteiger partial charge in [0, 0.05) is 12.6 Å². The molecular formula is C13H27N3O. The fourth-order valence-corrected chi connectivity index (χ4v) is 2.37. The van der Waals surface area contributed by atoms with E-state index in [9.17, 15) is 4.79 Å². The normalized spacial score (nSPS) is 18.6. The molecule has 0 aromatic rings. The minimum absolute atomic E-state index is 0.169. The molecule has 17 heavy (non-hydrogen) atoms. The van der Waals surface area contributed by atoms with Gasteiger partial charge in [0.15, 0.2) is 0 Å². The van der Waals surface area contributed by atoms with E-state index in [-0.39, 0.29) is 5.91 Å². The van der Waals surface area contributed by atoms with Crippen molar-refractivity contribution in [1.29, 1.82) is 0 Å². The van der Waals surface area contributed by atoms with E-state index in [2.05, 4.69) is 24.1 Å². The maximum Gasteiger partial charge on any atom is 0.234 e. The highest BCUT2D eigenvalue weighted by atomic mass is 16.2. The maximum atomic E-state index is 11.9. The van der Waals surface area contributed by atoms with Crippen molar-refractivity contribution in [3.8, 4) is 0 Å². The predicted molar refractivity (Wildman–Crippen MR) is 70.7 cm³/mol. The van der Waals surface area contributed by atoms with Crippen molar-refractivity contribution in [3.63, 3.8) is 0 Å². The van der Waals surface area contributed by atoms with E-state index in [4.69, 9.17) is 5.73 Å². The average Bonchev–Trinajstić information content (AvgIpc) is 2.80. The molecule has 0 aliphatic heterocycles. The molecule has 0 spiro atoms. The molecule has 0 aromatic carbocycles. The van der Waals surface area contributed by atoms with E-state index in [1.54, 1.807) is 0 Å². The summed E-state index contributed by atoms with van der Waals surface area (Å²) in [4.78, 5) is 14.0. The molecule has 1 amide bonds. The molecule has 1 unspecified atom stereocenters. The van der Waals surface area contributed by atoms with Gasteiger partial charge in [-0.25, -0.2) is 0 Å². The topological polar surface area (TPSA) is 58.4 Å². The van der Waals surface area contributed by atoms with Crippen molar-refractivity contribution < 1.29 is 4.79 Å². The molecule has 0 saturated heterocycles. The van der Waals surface area contributed by atoms with Gasteiger partial charge in [-0.15, -0.1) is 0 Å². The Morgan fingerprint density at radius 2 is 2.12 bits per heavy atom. The highest BCUT2D eigenvalue weighted by Gasteiger charge is 2.18. The van der Waals surface area contributed by atoms with Gasteiger partial charge in [-0.2, -0.15) is 0 Å². The molecule has 0 radical (unpaired) electrons. The summed E-state index contributed by atoms with van der Waals surface area (Å²) in [5, 5.41) is 3.12. The molecule has 1 aliphatic rings. The first kappa shape index (κ1) is 14.5. The van der Waals surface area contributed by atoms with Crippen LogP contribution >= 0.6 is 0 Å². The van der Waals surface area contributed by atoms with Gasteiger partial charge in [-0.1, -0.05) is 26.7 Å². The van der Waals surface area contributed by atoms with Crippen LogP contribution < -0.4 is 11.1 Å². The number of amides is 1. The van der Waals surface area contributed by atoms with Crippen LogP contribution in [0.3, 0.4) is 0 Å². The number of hydrogen-bond acceptors (Lipinski definition) is 3. The minimum Gasteiger partial charge on any atom is -0.352 e. The summed E-state index contributed by atoms with van der Waals surface area (Å²) in [5.41, 5.74) is 5.61. The van der Waals surface area contributed by atoms with Crippen LogP contribution in [-0.2, 0) is 4.79 Å². The van der Waals surface area contributed by atoms with Gasteiger partial charge in [0.2, 0.25) is 5.91 Å². The van der Waals surface area contributed by atoms with Crippen LogP contribution in [0.15, 0.2) is 0 Å². The summed E-state index contributed by atoms with van der Waals surface area (Å²) in [6, 6.07) is 0.424. The number of nitrogens with one attached hydrogen (secondary N) is 1. The molecule has 4 heteroatoms. The fourth-order valence-electron chi connectivity index (χ4n) is 2.37. The highest BCUT2D eigenvalue weighted by Crippen LogP contribution is 2.17. The Balaban J connectivity index is 2.26. The van der Waals surface area contributed by atoms with Gasteiger partial charge in [0.25, 0.3) is 0 Å². The van der Waals surface area contributed by atoms with Gasteiger partial charge in [-0.05, 0) is 31.8 Å². The molecule has 3 N–H and O–H groups in total. The third-order valence-electron chi connectivity index (χ3n) is 3.51. The van der Waals surface area contributed by atoms with Gasteiger partial charge in [-0.3, -0.25) is 9.69 Å². The van der Waals surface area contributed by atoms with Gasteiger partial charge in [0.05, 0.1) is 6.54 Å². The quantitative estimate of drug-likeness (QED) is 0.698. The van der Waals surface area contributed by atoms with Crippen LogP contribution in [0.2, 0.25) is 0 Å². The first-order valence-electron chi connectivity index (χ1n) is 6.87. The van der Waals surface area contributed by atoms with E-state index < -0.39 is 0 Å². The minimum atomic E-state index is 0.169. The van der Waals surface area contributed by atoms with E-state index >= 15 is 0 Å². The van der Waals surface area contributed by atoms with E-state index in [1.165, 1.54) is 12.8 Å². The van der Waals surface area contributed by atoms with Crippen LogP contribution in [0.5, 0.6) is 0 Å². The lowest BCUT2D eigenvalue weighted by molar-refractivity contribution is -0.123. The smallest absolute Gasteiger partial charge is 0.234 e. The fraction of sp³-hybridized carbons (Fsp3) is 0.923. The molecule has 0 bridgehead atoms. The SMILES string of the molecule is CCN(CC(=O)NC1CCCC1)CC(C)CN. The van der Waals surface area contributed by atoms with Crippen molar-refractivity contribution >= 4 is 5.91 Å². The lowest BCUT2D eigenvalue weighted by Gasteiger charge is -2.23. The first-order chi connectivity index (χ1) is 8.15. The number of carbonyl (C=O) groups is 1. The second kappa shape index (κ2) is 7.67. The molecule has 1 saturated carbocycles. The number of hydrogen-bond donors (Lipinski definition) is 2. The summed E-state index contributed by atoms with van der Waals surface area (Å²) in [6.07, 6.45) is 4.81. The number of likely N-dealkylation sites (N-methyl/N-ethyl adjacent to an activating group) is 1. The highest BCUT2D eigenvalue weighted by molar-refractivity contribution is 5.78. The molecular weight excluding hydrogens is 214 g/mol. The average molecular weight is 241 g/mol. The Bertz CT molecular complexity index is 227. The van der Waals surface area contributed by atoms with Crippen LogP contribution in [0, 0.1) is 5.92 Å². The van der Waals surface area contributed by atoms with Gasteiger partial charge in [0.1, 0.15) is 0 Å². The lowest BCUT2D eigenvalue weighted by Crippen LogP contribution is -2.43. The largest absolute Gasteiger partial charge is 0.352 e. The van der Waals surface area contributed by atoms with E-state index in [0.717, 1.165) is 25.9 Å². The van der Waals surface area contributed by atoms with Crippen LogP contribution in [0.1, 0.15) is 39.5 Å². The Hall–Kier alpha value is -0.610.